The minimum atomic E-state index is -0.637. The Morgan fingerprint density at radius 1 is 1.44 bits per heavy atom. The maximum Gasteiger partial charge on any atom is 0.313 e. The SMILES string of the molecule is CCC(c1c([N+](=O)[O-])c(C)nn1C(C)C)C(C)O. The van der Waals surface area contributed by atoms with Gasteiger partial charge in [0.05, 0.1) is 11.0 Å². The van der Waals surface area contributed by atoms with E-state index >= 15 is 0 Å². The van der Waals surface area contributed by atoms with E-state index in [2.05, 4.69) is 5.10 Å². The smallest absolute Gasteiger partial charge is 0.313 e. The van der Waals surface area contributed by atoms with Crippen LogP contribution in [-0.2, 0) is 0 Å². The van der Waals surface area contributed by atoms with E-state index in [1.165, 1.54) is 0 Å². The number of hydrogen-bond donors (Lipinski definition) is 1. The molecule has 0 aromatic carbocycles. The number of aliphatic hydroxyl groups is 1. The second-order valence-corrected chi connectivity index (χ2v) is 4.87. The van der Waals surface area contributed by atoms with Gasteiger partial charge in [-0.1, -0.05) is 6.92 Å². The van der Waals surface area contributed by atoms with Gasteiger partial charge in [0.1, 0.15) is 11.4 Å². The fourth-order valence-electron chi connectivity index (χ4n) is 2.28. The lowest BCUT2D eigenvalue weighted by molar-refractivity contribution is -0.386. The van der Waals surface area contributed by atoms with Crippen molar-refractivity contribution in [1.29, 1.82) is 0 Å². The summed E-state index contributed by atoms with van der Waals surface area (Å²) in [6, 6.07) is 0.0280. The Labute approximate surface area is 107 Å². The molecule has 1 aromatic rings. The van der Waals surface area contributed by atoms with Gasteiger partial charge < -0.3 is 5.11 Å². The summed E-state index contributed by atoms with van der Waals surface area (Å²) in [5.74, 6) is -0.269. The molecule has 0 bridgehead atoms. The van der Waals surface area contributed by atoms with Crippen molar-refractivity contribution in [2.75, 3.05) is 0 Å². The molecule has 1 N–H and O–H groups in total. The van der Waals surface area contributed by atoms with E-state index in [0.29, 0.717) is 17.8 Å². The highest BCUT2D eigenvalue weighted by atomic mass is 16.6. The molecule has 102 valence electrons. The minimum absolute atomic E-state index is 0.0280. The van der Waals surface area contributed by atoms with Crippen molar-refractivity contribution in [3.63, 3.8) is 0 Å². The van der Waals surface area contributed by atoms with Crippen molar-refractivity contribution in [3.05, 3.63) is 21.5 Å². The van der Waals surface area contributed by atoms with E-state index in [1.54, 1.807) is 18.5 Å². The first-order chi connectivity index (χ1) is 8.31. The first kappa shape index (κ1) is 14.6. The van der Waals surface area contributed by atoms with Gasteiger partial charge in [-0.05, 0) is 34.1 Å². The molecule has 0 saturated carbocycles. The van der Waals surface area contributed by atoms with Crippen LogP contribution < -0.4 is 0 Å². The molecule has 0 aliphatic rings. The van der Waals surface area contributed by atoms with Crippen molar-refractivity contribution >= 4 is 5.69 Å². The van der Waals surface area contributed by atoms with Crippen LogP contribution in [0.1, 0.15) is 57.5 Å². The molecule has 18 heavy (non-hydrogen) atoms. The molecule has 1 aromatic heterocycles. The molecule has 1 rings (SSSR count). The first-order valence-electron chi connectivity index (χ1n) is 6.22. The average Bonchev–Trinajstić information content (AvgIpc) is 2.56. The van der Waals surface area contributed by atoms with Gasteiger partial charge >= 0.3 is 5.69 Å². The summed E-state index contributed by atoms with van der Waals surface area (Å²) in [4.78, 5) is 10.8. The topological polar surface area (TPSA) is 81.2 Å². The Bertz CT molecular complexity index is 438. The molecule has 0 saturated heterocycles. The Morgan fingerprint density at radius 3 is 2.33 bits per heavy atom. The standard InChI is InChI=1S/C12H21N3O3/c1-6-10(9(5)16)12-11(15(17)18)8(4)13-14(12)7(2)3/h7,9-10,16H,6H2,1-5H3. The number of hydrogen-bond acceptors (Lipinski definition) is 4. The fourth-order valence-corrected chi connectivity index (χ4v) is 2.28. The normalized spacial score (nSPS) is 14.8. The predicted molar refractivity (Wildman–Crippen MR) is 68.7 cm³/mol. The molecule has 0 amide bonds. The van der Waals surface area contributed by atoms with E-state index in [0.717, 1.165) is 0 Å². The third kappa shape index (κ3) is 2.53. The summed E-state index contributed by atoms with van der Waals surface area (Å²) in [6.45, 7) is 9.05. The monoisotopic (exact) mass is 255 g/mol. The highest BCUT2D eigenvalue weighted by Gasteiger charge is 2.33. The van der Waals surface area contributed by atoms with Gasteiger partial charge in [0.15, 0.2) is 0 Å². The minimum Gasteiger partial charge on any atom is -0.393 e. The van der Waals surface area contributed by atoms with Crippen molar-refractivity contribution in [2.45, 2.75) is 59.1 Å². The summed E-state index contributed by atoms with van der Waals surface area (Å²) in [5.41, 5.74) is 0.976. The van der Waals surface area contributed by atoms with E-state index in [-0.39, 0.29) is 17.6 Å². The molecule has 0 fully saturated rings. The van der Waals surface area contributed by atoms with E-state index in [1.807, 2.05) is 20.8 Å². The Hall–Kier alpha value is -1.43. The van der Waals surface area contributed by atoms with Crippen LogP contribution in [0, 0.1) is 17.0 Å². The summed E-state index contributed by atoms with van der Waals surface area (Å²) in [6.07, 6.45) is -0.00148. The van der Waals surface area contributed by atoms with E-state index in [4.69, 9.17) is 0 Å². The molecule has 1 heterocycles. The molecule has 0 aliphatic heterocycles. The van der Waals surface area contributed by atoms with Gasteiger partial charge in [-0.3, -0.25) is 14.8 Å². The van der Waals surface area contributed by atoms with Gasteiger partial charge in [0.25, 0.3) is 0 Å². The molecule has 0 spiro atoms. The number of rotatable bonds is 5. The lowest BCUT2D eigenvalue weighted by atomic mass is 9.95. The third-order valence-electron chi connectivity index (χ3n) is 3.13. The molecule has 0 radical (unpaired) electrons. The average molecular weight is 255 g/mol. The number of aromatic nitrogens is 2. The molecule has 2 atom stereocenters. The third-order valence-corrected chi connectivity index (χ3v) is 3.13. The van der Waals surface area contributed by atoms with Crippen molar-refractivity contribution in [3.8, 4) is 0 Å². The van der Waals surface area contributed by atoms with Crippen LogP contribution in [0.15, 0.2) is 0 Å². The molecular weight excluding hydrogens is 234 g/mol. The highest BCUT2D eigenvalue weighted by molar-refractivity contribution is 5.43. The van der Waals surface area contributed by atoms with Crippen LogP contribution in [0.4, 0.5) is 5.69 Å². The molecule has 2 unspecified atom stereocenters. The quantitative estimate of drug-likeness (QED) is 0.647. The second-order valence-electron chi connectivity index (χ2n) is 4.87. The molecule has 0 aliphatic carbocycles. The van der Waals surface area contributed by atoms with E-state index in [9.17, 15) is 15.2 Å². The Morgan fingerprint density at radius 2 is 2.00 bits per heavy atom. The highest BCUT2D eigenvalue weighted by Crippen LogP contribution is 2.35. The molecule has 6 heteroatoms. The van der Waals surface area contributed by atoms with Crippen LogP contribution >= 0.6 is 0 Å². The lowest BCUT2D eigenvalue weighted by Gasteiger charge is -2.20. The molecular formula is C12H21N3O3. The second kappa shape index (κ2) is 5.48. The lowest BCUT2D eigenvalue weighted by Crippen LogP contribution is -2.20. The van der Waals surface area contributed by atoms with Gasteiger partial charge in [0.2, 0.25) is 0 Å². The van der Waals surface area contributed by atoms with Crippen LogP contribution in [0.2, 0.25) is 0 Å². The van der Waals surface area contributed by atoms with Crippen molar-refractivity contribution in [2.24, 2.45) is 0 Å². The summed E-state index contributed by atoms with van der Waals surface area (Å²) in [7, 11) is 0. The first-order valence-corrected chi connectivity index (χ1v) is 6.22. The van der Waals surface area contributed by atoms with Gasteiger partial charge in [0, 0.05) is 12.0 Å². The maximum atomic E-state index is 11.2. The van der Waals surface area contributed by atoms with E-state index < -0.39 is 11.0 Å². The summed E-state index contributed by atoms with van der Waals surface area (Å²) >= 11 is 0. The number of aryl methyl sites for hydroxylation is 1. The largest absolute Gasteiger partial charge is 0.393 e. The maximum absolute atomic E-state index is 11.2. The summed E-state index contributed by atoms with van der Waals surface area (Å²) < 4.78 is 1.66. The Balaban J connectivity index is 3.49. The van der Waals surface area contributed by atoms with Crippen molar-refractivity contribution < 1.29 is 10.0 Å². The number of nitrogens with zero attached hydrogens (tertiary/aromatic N) is 3. The van der Waals surface area contributed by atoms with Gasteiger partial charge in [-0.2, -0.15) is 5.10 Å². The molecule has 6 nitrogen and oxygen atoms in total. The number of nitro groups is 1. The summed E-state index contributed by atoms with van der Waals surface area (Å²) in [5, 5.41) is 25.3. The number of aliphatic hydroxyl groups excluding tert-OH is 1. The van der Waals surface area contributed by atoms with Crippen LogP contribution in [0.5, 0.6) is 0 Å². The fraction of sp³-hybridized carbons (Fsp3) is 0.750. The zero-order chi connectivity index (χ0) is 14.0. The van der Waals surface area contributed by atoms with Crippen LogP contribution in [0.3, 0.4) is 0 Å². The Kier molecular flexibility index (Phi) is 4.45. The zero-order valence-electron chi connectivity index (χ0n) is 11.5. The van der Waals surface area contributed by atoms with Crippen LogP contribution in [0.25, 0.3) is 0 Å². The zero-order valence-corrected chi connectivity index (χ0v) is 11.5. The van der Waals surface area contributed by atoms with Crippen molar-refractivity contribution in [1.82, 2.24) is 9.78 Å². The predicted octanol–water partition coefficient (Wildman–Crippen LogP) is 2.56. The van der Waals surface area contributed by atoms with Gasteiger partial charge in [-0.15, -0.1) is 0 Å². The van der Waals surface area contributed by atoms with Gasteiger partial charge in [-0.25, -0.2) is 0 Å². The van der Waals surface area contributed by atoms with Crippen LogP contribution in [-0.4, -0.2) is 25.9 Å².